The largest absolute Gasteiger partial charge is 0.378 e. The monoisotopic (exact) mass is 340 g/mol. The fourth-order valence-corrected chi connectivity index (χ4v) is 3.22. The van der Waals surface area contributed by atoms with Crippen molar-refractivity contribution in [3.05, 3.63) is 36.4 Å². The van der Waals surface area contributed by atoms with Crippen LogP contribution in [0.1, 0.15) is 6.42 Å². The molecule has 0 bridgehead atoms. The number of fused-ring (bicyclic) bond motifs is 1. The molecule has 2 aromatic rings. The molecule has 130 valence electrons. The van der Waals surface area contributed by atoms with E-state index in [1.165, 1.54) is 0 Å². The van der Waals surface area contributed by atoms with Gasteiger partial charge in [-0.05, 0) is 0 Å². The molecule has 0 unspecified atom stereocenters. The lowest BCUT2D eigenvalue weighted by atomic mass is 10.1. The molecule has 0 N–H and O–H groups in total. The fraction of sp³-hybridized carbons (Fsp3) is 0.389. The van der Waals surface area contributed by atoms with Gasteiger partial charge in [-0.15, -0.1) is 0 Å². The lowest BCUT2D eigenvalue weighted by Crippen LogP contribution is -2.48. The van der Waals surface area contributed by atoms with E-state index < -0.39 is 0 Å². The van der Waals surface area contributed by atoms with Crippen LogP contribution in [0.3, 0.4) is 0 Å². The molecule has 3 heterocycles. The van der Waals surface area contributed by atoms with E-state index in [0.29, 0.717) is 45.1 Å². The number of amides is 2. The van der Waals surface area contributed by atoms with E-state index in [0.717, 1.165) is 11.3 Å². The minimum absolute atomic E-state index is 0.0337. The average molecular weight is 340 g/mol. The van der Waals surface area contributed by atoms with Crippen LogP contribution in [0.25, 0.3) is 11.3 Å². The van der Waals surface area contributed by atoms with Crippen LogP contribution in [0, 0.1) is 0 Å². The number of hydrogen-bond acceptors (Lipinski definition) is 4. The summed E-state index contributed by atoms with van der Waals surface area (Å²) in [6.07, 6.45) is 0.360. The highest BCUT2D eigenvalue weighted by atomic mass is 16.5. The Hall–Kier alpha value is -2.67. The van der Waals surface area contributed by atoms with Crippen LogP contribution in [0.2, 0.25) is 0 Å². The van der Waals surface area contributed by atoms with E-state index in [1.54, 1.807) is 9.80 Å². The Morgan fingerprint density at radius 3 is 2.64 bits per heavy atom. The third kappa shape index (κ3) is 3.15. The van der Waals surface area contributed by atoms with E-state index in [1.807, 2.05) is 41.1 Å². The zero-order valence-corrected chi connectivity index (χ0v) is 13.9. The number of nitrogens with zero attached hydrogens (tertiary/aromatic N) is 4. The van der Waals surface area contributed by atoms with Crippen LogP contribution in [-0.2, 0) is 20.9 Å². The summed E-state index contributed by atoms with van der Waals surface area (Å²) in [5.41, 5.74) is 1.81. The highest BCUT2D eigenvalue weighted by Gasteiger charge is 2.30. The van der Waals surface area contributed by atoms with Gasteiger partial charge in [0.15, 0.2) is 0 Å². The molecule has 2 amide bonds. The van der Waals surface area contributed by atoms with Crippen molar-refractivity contribution in [1.82, 2.24) is 14.7 Å². The molecule has 0 spiro atoms. The van der Waals surface area contributed by atoms with Crippen LogP contribution in [0.15, 0.2) is 36.4 Å². The van der Waals surface area contributed by atoms with Crippen LogP contribution in [-0.4, -0.2) is 59.3 Å². The molecule has 0 atom stereocenters. The summed E-state index contributed by atoms with van der Waals surface area (Å²) in [7, 11) is 0. The van der Waals surface area contributed by atoms with Crippen molar-refractivity contribution in [2.24, 2.45) is 0 Å². The van der Waals surface area contributed by atoms with Gasteiger partial charge in [0.05, 0.1) is 25.5 Å². The molecule has 25 heavy (non-hydrogen) atoms. The summed E-state index contributed by atoms with van der Waals surface area (Å²) in [4.78, 5) is 28.3. The summed E-state index contributed by atoms with van der Waals surface area (Å²) >= 11 is 0. The van der Waals surface area contributed by atoms with Crippen molar-refractivity contribution in [3.8, 4) is 11.3 Å². The molecular weight excluding hydrogens is 320 g/mol. The zero-order valence-electron chi connectivity index (χ0n) is 13.9. The summed E-state index contributed by atoms with van der Waals surface area (Å²) in [5.74, 6) is 0.609. The molecule has 0 radical (unpaired) electrons. The Bertz CT molecular complexity index is 781. The average Bonchev–Trinajstić information content (AvgIpc) is 3.10. The highest BCUT2D eigenvalue weighted by Crippen LogP contribution is 2.28. The number of carbonyl (C=O) groups excluding carboxylic acids is 2. The Balaban J connectivity index is 1.58. The minimum Gasteiger partial charge on any atom is -0.378 e. The first-order chi connectivity index (χ1) is 12.2. The predicted octanol–water partition coefficient (Wildman–Crippen LogP) is 1.15. The van der Waals surface area contributed by atoms with E-state index >= 15 is 0 Å². The second-order valence-corrected chi connectivity index (χ2v) is 6.20. The second kappa shape index (κ2) is 6.68. The summed E-state index contributed by atoms with van der Waals surface area (Å²) < 4.78 is 7.10. The molecule has 2 aliphatic rings. The van der Waals surface area contributed by atoms with E-state index in [9.17, 15) is 9.59 Å². The van der Waals surface area contributed by atoms with Gasteiger partial charge in [0.2, 0.25) is 11.8 Å². The van der Waals surface area contributed by atoms with E-state index in [2.05, 4.69) is 5.10 Å². The lowest BCUT2D eigenvalue weighted by Gasteiger charge is -2.31. The molecule has 1 fully saturated rings. The Morgan fingerprint density at radius 2 is 1.88 bits per heavy atom. The van der Waals surface area contributed by atoms with Gasteiger partial charge in [-0.1, -0.05) is 30.3 Å². The van der Waals surface area contributed by atoms with Crippen LogP contribution in [0.5, 0.6) is 0 Å². The standard InChI is InChI=1S/C18H20N4O3/c23-17-6-7-22-16(12-15(19-22)14-4-2-1-3-5-14)21(17)13-18(24)20-8-10-25-11-9-20/h1-5,12H,6-11,13H2. The maximum Gasteiger partial charge on any atom is 0.242 e. The topological polar surface area (TPSA) is 67.7 Å². The van der Waals surface area contributed by atoms with Gasteiger partial charge in [0.1, 0.15) is 12.4 Å². The molecule has 4 rings (SSSR count). The quantitative estimate of drug-likeness (QED) is 0.840. The van der Waals surface area contributed by atoms with Gasteiger partial charge < -0.3 is 9.64 Å². The molecule has 7 nitrogen and oxygen atoms in total. The number of morpholine rings is 1. The van der Waals surface area contributed by atoms with Gasteiger partial charge in [-0.25, -0.2) is 4.68 Å². The Labute approximate surface area is 145 Å². The van der Waals surface area contributed by atoms with E-state index in [-0.39, 0.29) is 18.4 Å². The van der Waals surface area contributed by atoms with Gasteiger partial charge in [0, 0.05) is 31.1 Å². The first kappa shape index (κ1) is 15.8. The maximum absolute atomic E-state index is 12.5. The van der Waals surface area contributed by atoms with Gasteiger partial charge in [0.25, 0.3) is 0 Å². The summed E-state index contributed by atoms with van der Waals surface area (Å²) in [6.45, 7) is 2.86. The number of rotatable bonds is 3. The van der Waals surface area contributed by atoms with Crippen molar-refractivity contribution in [1.29, 1.82) is 0 Å². The van der Waals surface area contributed by atoms with Crippen molar-refractivity contribution in [2.45, 2.75) is 13.0 Å². The fourth-order valence-electron chi connectivity index (χ4n) is 3.22. The van der Waals surface area contributed by atoms with Crippen molar-refractivity contribution in [2.75, 3.05) is 37.7 Å². The normalized spacial score (nSPS) is 17.5. The molecule has 1 saturated heterocycles. The molecule has 7 heteroatoms. The number of aryl methyl sites for hydroxylation is 1. The summed E-state index contributed by atoms with van der Waals surface area (Å²) in [5, 5.41) is 4.60. The molecule has 2 aliphatic heterocycles. The molecule has 0 saturated carbocycles. The lowest BCUT2D eigenvalue weighted by molar-refractivity contribution is -0.135. The number of hydrogen-bond donors (Lipinski definition) is 0. The zero-order chi connectivity index (χ0) is 17.2. The molecule has 0 aliphatic carbocycles. The van der Waals surface area contributed by atoms with Gasteiger partial charge in [-0.3, -0.25) is 14.5 Å². The third-order valence-corrected chi connectivity index (χ3v) is 4.60. The molecule has 1 aromatic carbocycles. The Morgan fingerprint density at radius 1 is 1.12 bits per heavy atom. The second-order valence-electron chi connectivity index (χ2n) is 6.20. The SMILES string of the molecule is O=C(CN1C(=O)CCn2nc(-c3ccccc3)cc21)N1CCOCC1. The molecule has 1 aromatic heterocycles. The first-order valence-electron chi connectivity index (χ1n) is 8.51. The van der Waals surface area contributed by atoms with Crippen molar-refractivity contribution >= 4 is 17.6 Å². The number of benzene rings is 1. The predicted molar refractivity (Wildman–Crippen MR) is 92.0 cm³/mol. The van der Waals surface area contributed by atoms with Crippen molar-refractivity contribution < 1.29 is 14.3 Å². The molecular formula is C18H20N4O3. The minimum atomic E-state index is -0.0486. The van der Waals surface area contributed by atoms with Crippen LogP contribution >= 0.6 is 0 Å². The number of carbonyl (C=O) groups is 2. The van der Waals surface area contributed by atoms with Gasteiger partial charge >= 0.3 is 0 Å². The number of anilines is 1. The van der Waals surface area contributed by atoms with Crippen molar-refractivity contribution in [3.63, 3.8) is 0 Å². The van der Waals surface area contributed by atoms with Crippen LogP contribution in [0.4, 0.5) is 5.82 Å². The third-order valence-electron chi connectivity index (χ3n) is 4.60. The van der Waals surface area contributed by atoms with Gasteiger partial charge in [-0.2, -0.15) is 5.10 Å². The van der Waals surface area contributed by atoms with E-state index in [4.69, 9.17) is 4.74 Å². The number of ether oxygens (including phenoxy) is 1. The maximum atomic E-state index is 12.5. The number of aromatic nitrogens is 2. The first-order valence-corrected chi connectivity index (χ1v) is 8.51. The smallest absolute Gasteiger partial charge is 0.242 e. The van der Waals surface area contributed by atoms with Crippen LogP contribution < -0.4 is 4.90 Å². The Kier molecular flexibility index (Phi) is 4.23. The summed E-state index contributed by atoms with van der Waals surface area (Å²) in [6, 6.07) is 11.7. The highest BCUT2D eigenvalue weighted by molar-refractivity contribution is 5.99.